The molecule has 0 saturated heterocycles. The molecule has 0 spiro atoms. The molecule has 0 unspecified atom stereocenters. The monoisotopic (exact) mass is 281 g/mol. The Hall–Kier alpha value is -2.44. The maximum absolute atomic E-state index is 12.4. The molecule has 104 valence electrons. The number of halogens is 3. The van der Waals surface area contributed by atoms with Gasteiger partial charge in [0.1, 0.15) is 6.33 Å². The van der Waals surface area contributed by atoms with Gasteiger partial charge >= 0.3 is 6.18 Å². The maximum atomic E-state index is 12.4. The molecule has 1 aromatic heterocycles. The minimum atomic E-state index is -4.36. The highest BCUT2D eigenvalue weighted by atomic mass is 19.4. The lowest BCUT2D eigenvalue weighted by atomic mass is 10.1. The molecule has 7 heteroatoms. The van der Waals surface area contributed by atoms with Gasteiger partial charge < -0.3 is 5.32 Å². The fraction of sp³-hybridized carbons (Fsp3) is 0.154. The molecular weight excluding hydrogens is 271 g/mol. The fourth-order valence-corrected chi connectivity index (χ4v) is 1.51. The van der Waals surface area contributed by atoms with Gasteiger partial charge in [0, 0.05) is 18.9 Å². The predicted molar refractivity (Wildman–Crippen MR) is 64.6 cm³/mol. The van der Waals surface area contributed by atoms with Crippen LogP contribution >= 0.6 is 0 Å². The third-order valence-electron chi connectivity index (χ3n) is 2.56. The van der Waals surface area contributed by atoms with Crippen LogP contribution in [0, 0.1) is 0 Å². The van der Waals surface area contributed by atoms with E-state index in [-0.39, 0.29) is 12.5 Å². The average molecular weight is 281 g/mol. The van der Waals surface area contributed by atoms with Gasteiger partial charge in [-0.2, -0.15) is 13.2 Å². The molecule has 1 aromatic carbocycles. The summed E-state index contributed by atoms with van der Waals surface area (Å²) in [5, 5.41) is 2.57. The summed E-state index contributed by atoms with van der Waals surface area (Å²) in [6.45, 7) is 0.131. The van der Waals surface area contributed by atoms with Gasteiger partial charge in [0.05, 0.1) is 11.1 Å². The highest BCUT2D eigenvalue weighted by molar-refractivity contribution is 5.93. The summed E-state index contributed by atoms with van der Waals surface area (Å²) in [5.74, 6) is -0.384. The lowest BCUT2D eigenvalue weighted by Gasteiger charge is -2.08. The standard InChI is InChI=1S/C13H10F3N3O/c14-13(15,16)11-3-1-9(2-4-11)5-19-12(20)10-6-17-8-18-7-10/h1-4,6-8H,5H2,(H,19,20). The maximum Gasteiger partial charge on any atom is 0.416 e. The molecule has 2 rings (SSSR count). The number of rotatable bonds is 3. The smallest absolute Gasteiger partial charge is 0.348 e. The number of carbonyl (C=O) groups is 1. The number of hydrogen-bond donors (Lipinski definition) is 1. The molecule has 0 radical (unpaired) electrons. The summed E-state index contributed by atoms with van der Waals surface area (Å²) < 4.78 is 37.1. The number of nitrogens with one attached hydrogen (secondary N) is 1. The Morgan fingerprint density at radius 2 is 1.70 bits per heavy atom. The molecule has 0 aliphatic rings. The number of nitrogens with zero attached hydrogens (tertiary/aromatic N) is 2. The Labute approximate surface area is 112 Å². The van der Waals surface area contributed by atoms with Crippen molar-refractivity contribution >= 4 is 5.91 Å². The molecule has 0 atom stereocenters. The highest BCUT2D eigenvalue weighted by Crippen LogP contribution is 2.28. The molecule has 20 heavy (non-hydrogen) atoms. The van der Waals surface area contributed by atoms with Crippen LogP contribution in [0.4, 0.5) is 13.2 Å². The van der Waals surface area contributed by atoms with Crippen molar-refractivity contribution in [1.29, 1.82) is 0 Å². The second-order valence-corrected chi connectivity index (χ2v) is 4.00. The van der Waals surface area contributed by atoms with Gasteiger partial charge in [-0.25, -0.2) is 9.97 Å². The van der Waals surface area contributed by atoms with Crippen LogP contribution in [-0.2, 0) is 12.7 Å². The number of benzene rings is 1. The number of alkyl halides is 3. The number of amides is 1. The van der Waals surface area contributed by atoms with E-state index in [9.17, 15) is 18.0 Å². The van der Waals surface area contributed by atoms with Gasteiger partial charge in [0.2, 0.25) is 0 Å². The first-order valence-corrected chi connectivity index (χ1v) is 5.66. The Bertz CT molecular complexity index is 582. The van der Waals surface area contributed by atoms with Crippen LogP contribution in [0.1, 0.15) is 21.5 Å². The molecule has 0 aliphatic carbocycles. The zero-order valence-corrected chi connectivity index (χ0v) is 10.2. The third-order valence-corrected chi connectivity index (χ3v) is 2.56. The van der Waals surface area contributed by atoms with Crippen LogP contribution in [-0.4, -0.2) is 15.9 Å². The predicted octanol–water partition coefficient (Wildman–Crippen LogP) is 2.43. The van der Waals surface area contributed by atoms with Crippen molar-refractivity contribution in [3.63, 3.8) is 0 Å². The van der Waals surface area contributed by atoms with Crippen molar-refractivity contribution in [2.45, 2.75) is 12.7 Å². The number of aromatic nitrogens is 2. The van der Waals surface area contributed by atoms with Crippen LogP contribution in [0.25, 0.3) is 0 Å². The zero-order chi connectivity index (χ0) is 14.6. The van der Waals surface area contributed by atoms with Crippen LogP contribution < -0.4 is 5.32 Å². The number of carbonyl (C=O) groups excluding carboxylic acids is 1. The fourth-order valence-electron chi connectivity index (χ4n) is 1.51. The van der Waals surface area contributed by atoms with Gasteiger partial charge in [-0.05, 0) is 17.7 Å². The van der Waals surface area contributed by atoms with E-state index in [1.165, 1.54) is 30.9 Å². The van der Waals surface area contributed by atoms with Crippen LogP contribution in [0.15, 0.2) is 43.0 Å². The summed E-state index contributed by atoms with van der Waals surface area (Å²) in [4.78, 5) is 19.1. The Morgan fingerprint density at radius 3 is 2.25 bits per heavy atom. The molecular formula is C13H10F3N3O. The topological polar surface area (TPSA) is 54.9 Å². The quantitative estimate of drug-likeness (QED) is 0.940. The normalized spacial score (nSPS) is 11.2. The SMILES string of the molecule is O=C(NCc1ccc(C(F)(F)F)cc1)c1cncnc1. The lowest BCUT2D eigenvalue weighted by molar-refractivity contribution is -0.137. The van der Waals surface area contributed by atoms with E-state index in [0.717, 1.165) is 12.1 Å². The van der Waals surface area contributed by atoms with E-state index >= 15 is 0 Å². The summed E-state index contributed by atoms with van der Waals surface area (Å²) in [5.41, 5.74) is 0.145. The van der Waals surface area contributed by atoms with Crippen molar-refractivity contribution in [2.75, 3.05) is 0 Å². The first kappa shape index (κ1) is 14.0. The van der Waals surface area contributed by atoms with Gasteiger partial charge in [-0.1, -0.05) is 12.1 Å². The van der Waals surface area contributed by atoms with E-state index in [0.29, 0.717) is 11.1 Å². The molecule has 0 saturated carbocycles. The molecule has 2 aromatic rings. The summed E-state index contributed by atoms with van der Waals surface area (Å²) in [6, 6.07) is 4.61. The lowest BCUT2D eigenvalue weighted by Crippen LogP contribution is -2.23. The molecule has 0 aliphatic heterocycles. The van der Waals surface area contributed by atoms with Gasteiger partial charge in [0.15, 0.2) is 0 Å². The molecule has 1 heterocycles. The highest BCUT2D eigenvalue weighted by Gasteiger charge is 2.29. The van der Waals surface area contributed by atoms with Crippen LogP contribution in [0.2, 0.25) is 0 Å². The minimum Gasteiger partial charge on any atom is -0.348 e. The first-order valence-electron chi connectivity index (χ1n) is 5.66. The van der Waals surface area contributed by atoms with Crippen molar-refractivity contribution in [3.8, 4) is 0 Å². The third kappa shape index (κ3) is 3.53. The largest absolute Gasteiger partial charge is 0.416 e. The van der Waals surface area contributed by atoms with Crippen molar-refractivity contribution in [3.05, 3.63) is 59.7 Å². The summed E-state index contributed by atoms with van der Waals surface area (Å²) in [6.07, 6.45) is -0.347. The molecule has 1 N–H and O–H groups in total. The zero-order valence-electron chi connectivity index (χ0n) is 10.2. The summed E-state index contributed by atoms with van der Waals surface area (Å²) in [7, 11) is 0. The van der Waals surface area contributed by atoms with E-state index in [1.54, 1.807) is 0 Å². The van der Waals surface area contributed by atoms with Crippen LogP contribution in [0.3, 0.4) is 0 Å². The van der Waals surface area contributed by atoms with Crippen molar-refractivity contribution < 1.29 is 18.0 Å². The second-order valence-electron chi connectivity index (χ2n) is 4.00. The van der Waals surface area contributed by atoms with Gasteiger partial charge in [0.25, 0.3) is 5.91 Å². The van der Waals surface area contributed by atoms with Crippen LogP contribution in [0.5, 0.6) is 0 Å². The van der Waals surface area contributed by atoms with Gasteiger partial charge in [-0.3, -0.25) is 4.79 Å². The Balaban J connectivity index is 1.96. The summed E-state index contributed by atoms with van der Waals surface area (Å²) >= 11 is 0. The Kier molecular flexibility index (Phi) is 3.97. The van der Waals surface area contributed by atoms with Gasteiger partial charge in [-0.15, -0.1) is 0 Å². The van der Waals surface area contributed by atoms with E-state index in [1.807, 2.05) is 0 Å². The van der Waals surface area contributed by atoms with E-state index in [4.69, 9.17) is 0 Å². The Morgan fingerprint density at radius 1 is 1.10 bits per heavy atom. The molecule has 1 amide bonds. The molecule has 0 fully saturated rings. The first-order chi connectivity index (χ1) is 9.47. The second kappa shape index (κ2) is 5.68. The van der Waals surface area contributed by atoms with Crippen molar-refractivity contribution in [2.24, 2.45) is 0 Å². The van der Waals surface area contributed by atoms with E-state index < -0.39 is 11.7 Å². The van der Waals surface area contributed by atoms with Crippen molar-refractivity contribution in [1.82, 2.24) is 15.3 Å². The molecule has 4 nitrogen and oxygen atoms in total. The number of hydrogen-bond acceptors (Lipinski definition) is 3. The average Bonchev–Trinajstić information content (AvgIpc) is 2.45. The molecule has 0 bridgehead atoms. The minimum absolute atomic E-state index is 0.131. The van der Waals surface area contributed by atoms with E-state index in [2.05, 4.69) is 15.3 Å².